The van der Waals surface area contributed by atoms with E-state index in [1.54, 1.807) is 6.08 Å². The molecule has 0 nitrogen and oxygen atoms in total. The minimum Gasteiger partial charge on any atom is -0.103 e. The maximum Gasteiger partial charge on any atom is -0.0379 e. The summed E-state index contributed by atoms with van der Waals surface area (Å²) in [5.74, 6) is 0. The molecule has 72 valence electrons. The van der Waals surface area contributed by atoms with Gasteiger partial charge >= 0.3 is 0 Å². The van der Waals surface area contributed by atoms with Crippen molar-refractivity contribution in [2.45, 2.75) is 40.5 Å². The van der Waals surface area contributed by atoms with Gasteiger partial charge in [0.05, 0.1) is 0 Å². The average Bonchev–Trinajstić information content (AvgIpc) is 2.08. The second-order valence-electron chi connectivity index (χ2n) is 2.08. The van der Waals surface area contributed by atoms with Crippen molar-refractivity contribution in [3.8, 4) is 0 Å². The lowest BCUT2D eigenvalue weighted by Crippen LogP contribution is -1.43. The molecule has 0 bridgehead atoms. The van der Waals surface area contributed by atoms with Crippen LogP contribution in [0.15, 0.2) is 37.5 Å². The van der Waals surface area contributed by atoms with E-state index < -0.39 is 0 Å². The molecule has 0 aliphatic rings. The van der Waals surface area contributed by atoms with Gasteiger partial charge in [-0.3, -0.25) is 0 Å². The van der Waals surface area contributed by atoms with E-state index in [0.29, 0.717) is 0 Å². The van der Waals surface area contributed by atoms with Crippen LogP contribution in [0.1, 0.15) is 40.5 Å². The lowest BCUT2D eigenvalue weighted by Gasteiger charge is -1.65. The molecule has 0 atom stereocenters. The number of hydrogen-bond acceptors (Lipinski definition) is 0. The van der Waals surface area contributed by atoms with Crippen molar-refractivity contribution in [3.63, 3.8) is 0 Å². The molecule has 0 N–H and O–H groups in total. The van der Waals surface area contributed by atoms with Crippen molar-refractivity contribution < 1.29 is 0 Å². The van der Waals surface area contributed by atoms with Crippen LogP contribution in [0.25, 0.3) is 0 Å². The Morgan fingerprint density at radius 2 is 1.33 bits per heavy atom. The van der Waals surface area contributed by atoms with Crippen LogP contribution < -0.4 is 0 Å². The quantitative estimate of drug-likeness (QED) is 0.522. The predicted octanol–water partition coefficient (Wildman–Crippen LogP) is 4.75. The van der Waals surface area contributed by atoms with Gasteiger partial charge in [0.15, 0.2) is 0 Å². The van der Waals surface area contributed by atoms with E-state index in [2.05, 4.69) is 39.2 Å². The van der Waals surface area contributed by atoms with Gasteiger partial charge < -0.3 is 0 Å². The van der Waals surface area contributed by atoms with Gasteiger partial charge in [-0.15, -0.1) is 13.2 Å². The molecule has 0 aromatic heterocycles. The summed E-state index contributed by atoms with van der Waals surface area (Å²) in [6.45, 7) is 14.9. The van der Waals surface area contributed by atoms with Crippen molar-refractivity contribution >= 4 is 0 Å². The molecular weight excluding hydrogens is 144 g/mol. The normalized spacial score (nSPS) is 7.33. The number of hydrogen-bond donors (Lipinski definition) is 0. The molecule has 12 heavy (non-hydrogen) atoms. The van der Waals surface area contributed by atoms with Crippen molar-refractivity contribution in [1.82, 2.24) is 0 Å². The second-order valence-corrected chi connectivity index (χ2v) is 2.08. The van der Waals surface area contributed by atoms with Gasteiger partial charge in [-0.2, -0.15) is 0 Å². The maximum absolute atomic E-state index is 3.48. The van der Waals surface area contributed by atoms with Crippen LogP contribution in [0.5, 0.6) is 0 Å². The molecule has 0 aliphatic heterocycles. The second kappa shape index (κ2) is 31.9. The Labute approximate surface area is 78.7 Å². The fourth-order valence-electron chi connectivity index (χ4n) is 0.236. The number of allylic oxidation sites excluding steroid dienone is 4. The Bertz CT molecular complexity index is 88.2. The summed E-state index contributed by atoms with van der Waals surface area (Å²) in [6.07, 6.45) is 10.1. The van der Waals surface area contributed by atoms with Gasteiger partial charge in [0, 0.05) is 0 Å². The Morgan fingerprint density at radius 1 is 1.00 bits per heavy atom. The lowest BCUT2D eigenvalue weighted by molar-refractivity contribution is 1.22. The van der Waals surface area contributed by atoms with E-state index in [9.17, 15) is 0 Å². The van der Waals surface area contributed by atoms with E-state index >= 15 is 0 Å². The first-order chi connectivity index (χ1) is 5.74. The van der Waals surface area contributed by atoms with Gasteiger partial charge in [0.1, 0.15) is 0 Å². The summed E-state index contributed by atoms with van der Waals surface area (Å²) < 4.78 is 0. The van der Waals surface area contributed by atoms with E-state index in [1.807, 2.05) is 19.9 Å². The smallest absolute Gasteiger partial charge is 0.0379 e. The zero-order chi connectivity index (χ0) is 10.2. The molecule has 0 radical (unpaired) electrons. The highest BCUT2D eigenvalue weighted by atomic mass is 13.6. The Hall–Kier alpha value is -0.780. The first-order valence-electron chi connectivity index (χ1n) is 4.54. The van der Waals surface area contributed by atoms with Crippen LogP contribution in [-0.4, -0.2) is 0 Å². The third-order valence-corrected chi connectivity index (χ3v) is 0.760. The molecule has 0 aromatic rings. The Morgan fingerprint density at radius 3 is 1.33 bits per heavy atom. The molecule has 0 saturated heterocycles. The maximum atomic E-state index is 3.48. The first kappa shape index (κ1) is 17.3. The summed E-state index contributed by atoms with van der Waals surface area (Å²) in [5, 5.41) is 0. The molecular formula is C12H24. The molecule has 0 fully saturated rings. The molecule has 0 aromatic carbocycles. The van der Waals surface area contributed by atoms with Crippen molar-refractivity contribution in [3.05, 3.63) is 37.5 Å². The van der Waals surface area contributed by atoms with E-state index in [0.717, 1.165) is 12.8 Å². The van der Waals surface area contributed by atoms with E-state index in [-0.39, 0.29) is 0 Å². The van der Waals surface area contributed by atoms with Crippen LogP contribution in [0, 0.1) is 0 Å². The highest BCUT2D eigenvalue weighted by Crippen LogP contribution is 1.73. The third kappa shape index (κ3) is 126. The molecule has 0 heterocycles. The van der Waals surface area contributed by atoms with Crippen LogP contribution in [-0.2, 0) is 0 Å². The van der Waals surface area contributed by atoms with Crippen molar-refractivity contribution in [2.75, 3.05) is 0 Å². The van der Waals surface area contributed by atoms with Crippen LogP contribution in [0.2, 0.25) is 0 Å². The summed E-state index contributed by atoms with van der Waals surface area (Å²) >= 11 is 0. The molecule has 0 saturated carbocycles. The highest BCUT2D eigenvalue weighted by Gasteiger charge is 1.52. The zero-order valence-electron chi connectivity index (χ0n) is 9.14. The predicted molar refractivity (Wildman–Crippen MR) is 61.5 cm³/mol. The zero-order valence-corrected chi connectivity index (χ0v) is 9.14. The molecule has 0 heteroatoms. The van der Waals surface area contributed by atoms with Crippen molar-refractivity contribution in [2.24, 2.45) is 0 Å². The van der Waals surface area contributed by atoms with Gasteiger partial charge in [-0.25, -0.2) is 0 Å². The molecule has 0 spiro atoms. The Balaban J connectivity index is -0.000000105. The largest absolute Gasteiger partial charge is 0.103 e. The van der Waals surface area contributed by atoms with Crippen LogP contribution >= 0.6 is 0 Å². The van der Waals surface area contributed by atoms with Gasteiger partial charge in [0.25, 0.3) is 0 Å². The topological polar surface area (TPSA) is 0 Å². The van der Waals surface area contributed by atoms with Gasteiger partial charge in [0.2, 0.25) is 0 Å². The highest BCUT2D eigenvalue weighted by molar-refractivity contribution is 4.73. The minimum atomic E-state index is 1.08. The molecule has 0 amide bonds. The van der Waals surface area contributed by atoms with Crippen molar-refractivity contribution in [1.29, 1.82) is 0 Å². The third-order valence-electron chi connectivity index (χ3n) is 0.760. The lowest BCUT2D eigenvalue weighted by atomic mass is 10.4. The molecule has 0 aliphatic carbocycles. The minimum absolute atomic E-state index is 1.08. The summed E-state index contributed by atoms with van der Waals surface area (Å²) in [6, 6.07) is 0. The Kier molecular flexibility index (Phi) is 46.1. The van der Waals surface area contributed by atoms with Gasteiger partial charge in [-0.1, -0.05) is 38.2 Å². The fourth-order valence-corrected chi connectivity index (χ4v) is 0.236. The first-order valence-corrected chi connectivity index (χ1v) is 4.54. The number of rotatable bonds is 2. The summed E-state index contributed by atoms with van der Waals surface area (Å²) in [7, 11) is 0. The van der Waals surface area contributed by atoms with E-state index in [4.69, 9.17) is 0 Å². The van der Waals surface area contributed by atoms with Crippen LogP contribution in [0.3, 0.4) is 0 Å². The fraction of sp³-hybridized carbons (Fsp3) is 0.500. The SMILES string of the molecule is C/C=C/CC.C=CC.C=CCC. The van der Waals surface area contributed by atoms with E-state index in [1.165, 1.54) is 0 Å². The standard InChI is InChI=1S/C5H10.C4H8.C3H6/c1-3-5-4-2;1-3-4-2;1-3-2/h3,5H,4H2,1-2H3;3H,1,4H2,2H3;3H,1H2,2H3/b5-3+;;. The summed E-state index contributed by atoms with van der Waals surface area (Å²) in [4.78, 5) is 0. The average molecular weight is 168 g/mol. The van der Waals surface area contributed by atoms with Gasteiger partial charge in [-0.05, 0) is 26.7 Å². The summed E-state index contributed by atoms with van der Waals surface area (Å²) in [5.41, 5.74) is 0. The molecule has 0 rings (SSSR count). The van der Waals surface area contributed by atoms with Crippen LogP contribution in [0.4, 0.5) is 0 Å². The molecule has 0 unspecified atom stereocenters. The monoisotopic (exact) mass is 168 g/mol.